The van der Waals surface area contributed by atoms with Crippen molar-refractivity contribution in [1.29, 1.82) is 5.26 Å². The first-order valence-corrected chi connectivity index (χ1v) is 10.2. The number of carbonyl (C=O) groups is 1. The van der Waals surface area contributed by atoms with Gasteiger partial charge in [0.05, 0.1) is 46.2 Å². The average molecular weight is 508 g/mol. The summed E-state index contributed by atoms with van der Waals surface area (Å²) in [4.78, 5) is 19.1. The van der Waals surface area contributed by atoms with Crippen molar-refractivity contribution in [3.05, 3.63) is 77.7 Å². The number of rotatable bonds is 4. The fraction of sp³-hybridized carbons (Fsp3) is 0.0909. The van der Waals surface area contributed by atoms with Crippen LogP contribution in [0.5, 0.6) is 0 Å². The van der Waals surface area contributed by atoms with Gasteiger partial charge in [0.25, 0.3) is 5.91 Å². The van der Waals surface area contributed by atoms with E-state index in [0.717, 1.165) is 28.0 Å². The Labute approximate surface area is 187 Å². The van der Waals surface area contributed by atoms with Crippen LogP contribution in [0.4, 0.5) is 11.5 Å². The Hall–Kier alpha value is -3.45. The molecule has 0 aliphatic carbocycles. The van der Waals surface area contributed by atoms with Gasteiger partial charge in [0, 0.05) is 41.8 Å². The lowest BCUT2D eigenvalue weighted by molar-refractivity contribution is 0.0993. The van der Waals surface area contributed by atoms with E-state index >= 15 is 0 Å². The van der Waals surface area contributed by atoms with Crippen molar-refractivity contribution in [2.45, 2.75) is 6.92 Å². The number of hydrogen-bond acceptors (Lipinski definition) is 5. The number of aryl methyl sites for hydroxylation is 1. The molecule has 3 aromatic heterocycles. The van der Waals surface area contributed by atoms with Gasteiger partial charge >= 0.3 is 0 Å². The van der Waals surface area contributed by atoms with E-state index in [0.29, 0.717) is 16.8 Å². The zero-order valence-electron chi connectivity index (χ0n) is 16.3. The van der Waals surface area contributed by atoms with Crippen LogP contribution in [-0.2, 0) is 0 Å². The van der Waals surface area contributed by atoms with Gasteiger partial charge in [-0.05, 0) is 55.0 Å². The molecule has 0 atom stereocenters. The van der Waals surface area contributed by atoms with Gasteiger partial charge in [-0.15, -0.1) is 0 Å². The quantitative estimate of drug-likeness (QED) is 0.321. The highest BCUT2D eigenvalue weighted by Crippen LogP contribution is 2.28. The first-order chi connectivity index (χ1) is 14.5. The number of hydrogen-bond donors (Lipinski definition) is 1. The molecule has 148 valence electrons. The van der Waals surface area contributed by atoms with E-state index in [1.165, 1.54) is 0 Å². The van der Waals surface area contributed by atoms with Crippen molar-refractivity contribution < 1.29 is 4.79 Å². The molecule has 1 N–H and O–H groups in total. The van der Waals surface area contributed by atoms with Crippen LogP contribution in [0.15, 0.2) is 61.1 Å². The smallest absolute Gasteiger partial charge is 0.258 e. The molecule has 0 unspecified atom stereocenters. The molecule has 0 saturated heterocycles. The molecule has 1 aromatic carbocycles. The summed E-state index contributed by atoms with van der Waals surface area (Å²) < 4.78 is 4.78. The van der Waals surface area contributed by atoms with E-state index < -0.39 is 0 Å². The second-order valence-electron chi connectivity index (χ2n) is 6.81. The van der Waals surface area contributed by atoms with Crippen LogP contribution in [0.25, 0.3) is 16.6 Å². The standard InChI is InChI=1S/C22H17IN6O/c1-14-9-17(12-25-21(14)27-23)19-13-26-29-8-7-16(10-20(19)29)22(30)28(2)18-5-3-15(11-24)4-6-18/h3-10,12-13H,1-2H3,(H,25,27). The number of amides is 1. The average Bonchev–Trinajstić information content (AvgIpc) is 3.21. The summed E-state index contributed by atoms with van der Waals surface area (Å²) in [7, 11) is 1.72. The SMILES string of the molecule is Cc1cc(-c2cnn3ccc(C(=O)N(C)c4ccc(C#N)cc4)cc23)cnc1NI. The third-order valence-corrected chi connectivity index (χ3v) is 5.45. The number of nitrogens with zero attached hydrogens (tertiary/aromatic N) is 5. The lowest BCUT2D eigenvalue weighted by atomic mass is 10.1. The van der Waals surface area contributed by atoms with E-state index in [-0.39, 0.29) is 5.91 Å². The Bertz CT molecular complexity index is 1290. The second kappa shape index (κ2) is 8.12. The van der Waals surface area contributed by atoms with Crippen LogP contribution in [0.2, 0.25) is 0 Å². The highest BCUT2D eigenvalue weighted by molar-refractivity contribution is 14.1. The van der Waals surface area contributed by atoms with Crippen LogP contribution in [-0.4, -0.2) is 27.6 Å². The number of aromatic nitrogens is 3. The monoisotopic (exact) mass is 508 g/mol. The topological polar surface area (TPSA) is 86.3 Å². The molecule has 0 radical (unpaired) electrons. The molecular formula is C22H17IN6O. The summed E-state index contributed by atoms with van der Waals surface area (Å²) in [6.07, 6.45) is 5.35. The van der Waals surface area contributed by atoms with E-state index in [9.17, 15) is 4.79 Å². The van der Waals surface area contributed by atoms with E-state index in [1.54, 1.807) is 65.4 Å². The third kappa shape index (κ3) is 3.59. The first kappa shape index (κ1) is 19.8. The van der Waals surface area contributed by atoms with Crippen LogP contribution in [0.3, 0.4) is 0 Å². The van der Waals surface area contributed by atoms with Gasteiger partial charge < -0.3 is 8.43 Å². The van der Waals surface area contributed by atoms with Crippen molar-refractivity contribution in [3.8, 4) is 17.2 Å². The fourth-order valence-corrected chi connectivity index (χ4v) is 3.79. The normalized spacial score (nSPS) is 10.6. The molecule has 1 amide bonds. The van der Waals surface area contributed by atoms with E-state index in [4.69, 9.17) is 5.26 Å². The maximum absolute atomic E-state index is 13.1. The van der Waals surface area contributed by atoms with Gasteiger partial charge in [-0.3, -0.25) is 4.79 Å². The Morgan fingerprint density at radius 1 is 1.20 bits per heavy atom. The lowest BCUT2D eigenvalue weighted by Crippen LogP contribution is -2.26. The van der Waals surface area contributed by atoms with Gasteiger partial charge in [0.1, 0.15) is 5.82 Å². The number of nitrogens with one attached hydrogen (secondary N) is 1. The number of anilines is 2. The molecule has 8 heteroatoms. The number of pyridine rings is 2. The molecular weight excluding hydrogens is 491 g/mol. The number of fused-ring (bicyclic) bond motifs is 1. The number of benzene rings is 1. The molecule has 0 fully saturated rings. The molecule has 4 rings (SSSR count). The lowest BCUT2D eigenvalue weighted by Gasteiger charge is -2.17. The van der Waals surface area contributed by atoms with Crippen LogP contribution < -0.4 is 8.43 Å². The number of nitriles is 1. The molecule has 0 aliphatic rings. The molecule has 0 saturated carbocycles. The Balaban J connectivity index is 1.70. The van der Waals surface area contributed by atoms with Gasteiger partial charge in [-0.1, -0.05) is 0 Å². The van der Waals surface area contributed by atoms with Crippen molar-refractivity contribution in [2.24, 2.45) is 0 Å². The molecule has 0 bridgehead atoms. The Kier molecular flexibility index (Phi) is 5.37. The molecule has 3 heterocycles. The summed E-state index contributed by atoms with van der Waals surface area (Å²) in [5, 5.41) is 13.4. The van der Waals surface area contributed by atoms with Crippen molar-refractivity contribution in [2.75, 3.05) is 15.5 Å². The summed E-state index contributed by atoms with van der Waals surface area (Å²) in [5.74, 6) is 0.670. The van der Waals surface area contributed by atoms with Crippen molar-refractivity contribution in [1.82, 2.24) is 14.6 Å². The maximum Gasteiger partial charge on any atom is 0.258 e. The van der Waals surface area contributed by atoms with Crippen molar-refractivity contribution >= 4 is 45.8 Å². The largest absolute Gasteiger partial charge is 0.313 e. The maximum atomic E-state index is 13.1. The van der Waals surface area contributed by atoms with Gasteiger partial charge in [-0.25, -0.2) is 9.50 Å². The van der Waals surface area contributed by atoms with E-state index in [1.807, 2.05) is 19.1 Å². The molecule has 30 heavy (non-hydrogen) atoms. The minimum absolute atomic E-state index is 0.145. The van der Waals surface area contributed by atoms with E-state index in [2.05, 4.69) is 42.5 Å². The van der Waals surface area contributed by atoms with Crippen LogP contribution in [0, 0.1) is 18.3 Å². The summed E-state index contributed by atoms with van der Waals surface area (Å²) in [6.45, 7) is 1.99. The highest BCUT2D eigenvalue weighted by atomic mass is 127. The number of carbonyl (C=O) groups excluding carboxylic acids is 1. The predicted molar refractivity (Wildman–Crippen MR) is 125 cm³/mol. The summed E-state index contributed by atoms with van der Waals surface area (Å²) >= 11 is 2.06. The Morgan fingerprint density at radius 3 is 2.63 bits per heavy atom. The van der Waals surface area contributed by atoms with Gasteiger partial charge in [0.2, 0.25) is 0 Å². The highest BCUT2D eigenvalue weighted by Gasteiger charge is 2.16. The zero-order valence-corrected chi connectivity index (χ0v) is 18.5. The van der Waals surface area contributed by atoms with Crippen molar-refractivity contribution in [3.63, 3.8) is 0 Å². The van der Waals surface area contributed by atoms with Crippen LogP contribution in [0.1, 0.15) is 21.5 Å². The predicted octanol–water partition coefficient (Wildman–Crippen LogP) is 4.61. The number of halogens is 1. The first-order valence-electron chi connectivity index (χ1n) is 9.11. The summed E-state index contributed by atoms with van der Waals surface area (Å²) in [6, 6.07) is 14.6. The third-order valence-electron chi connectivity index (χ3n) is 4.94. The second-order valence-corrected chi connectivity index (χ2v) is 7.35. The minimum Gasteiger partial charge on any atom is -0.313 e. The molecule has 4 aromatic rings. The fourth-order valence-electron chi connectivity index (χ4n) is 3.23. The molecule has 7 nitrogen and oxygen atoms in total. The van der Waals surface area contributed by atoms with Gasteiger partial charge in [-0.2, -0.15) is 10.4 Å². The zero-order chi connectivity index (χ0) is 21.3. The molecule has 0 aliphatic heterocycles. The van der Waals surface area contributed by atoms with Gasteiger partial charge in [0.15, 0.2) is 0 Å². The molecule has 0 spiro atoms. The minimum atomic E-state index is -0.145. The summed E-state index contributed by atoms with van der Waals surface area (Å²) in [5.41, 5.74) is 5.50. The van der Waals surface area contributed by atoms with Crippen LogP contribution >= 0.6 is 22.9 Å². The Morgan fingerprint density at radius 2 is 1.97 bits per heavy atom.